The summed E-state index contributed by atoms with van der Waals surface area (Å²) in [5, 5.41) is 3.98. The van der Waals surface area contributed by atoms with Gasteiger partial charge in [0.15, 0.2) is 0 Å². The van der Waals surface area contributed by atoms with Crippen LogP contribution in [0.1, 0.15) is 25.3 Å². The molecule has 5 nitrogen and oxygen atoms in total. The molecule has 0 spiro atoms. The maximum Gasteiger partial charge on any atom is 0.237 e. The summed E-state index contributed by atoms with van der Waals surface area (Å²) in [5.41, 5.74) is 7.82. The van der Waals surface area contributed by atoms with Gasteiger partial charge in [-0.3, -0.25) is 4.79 Å². The molecule has 22 heavy (non-hydrogen) atoms. The molecule has 0 aliphatic rings. The lowest BCUT2D eigenvalue weighted by molar-refractivity contribution is -0.122. The first-order valence-electron chi connectivity index (χ1n) is 7.62. The number of hydrogen-bond acceptors (Lipinski definition) is 4. The highest BCUT2D eigenvalue weighted by Crippen LogP contribution is 2.22. The number of nitrogens with two attached hydrogens (primary N) is 1. The molecule has 0 aliphatic carbocycles. The number of para-hydroxylation sites is 1. The summed E-state index contributed by atoms with van der Waals surface area (Å²) in [6.45, 7) is 2.48. The number of fused-ring (bicyclic) bond motifs is 1. The Morgan fingerprint density at radius 3 is 2.77 bits per heavy atom. The molecular weight excluding hydrogens is 276 g/mol. The van der Waals surface area contributed by atoms with Gasteiger partial charge in [0.25, 0.3) is 0 Å². The Bertz CT molecular complexity index is 654. The van der Waals surface area contributed by atoms with E-state index in [4.69, 9.17) is 5.73 Å². The Morgan fingerprint density at radius 1 is 1.36 bits per heavy atom. The normalized spacial score (nSPS) is 12.2. The highest BCUT2D eigenvalue weighted by Gasteiger charge is 2.13. The molecular formula is C17H24N4O. The van der Waals surface area contributed by atoms with Crippen LogP contribution < -0.4 is 16.0 Å². The third-order valence-electron chi connectivity index (χ3n) is 3.64. The number of amides is 1. The zero-order chi connectivity index (χ0) is 16.1. The molecule has 1 atom stereocenters. The fourth-order valence-corrected chi connectivity index (χ4v) is 2.36. The van der Waals surface area contributed by atoms with Crippen LogP contribution in [0.2, 0.25) is 0 Å². The highest BCUT2D eigenvalue weighted by atomic mass is 16.2. The van der Waals surface area contributed by atoms with Crippen LogP contribution >= 0.6 is 0 Å². The van der Waals surface area contributed by atoms with Crippen LogP contribution in [0.15, 0.2) is 30.3 Å². The number of carbonyl (C=O) groups excluding carboxylic acids is 1. The molecule has 3 N–H and O–H groups in total. The number of hydrogen-bond donors (Lipinski definition) is 2. The van der Waals surface area contributed by atoms with Crippen molar-refractivity contribution in [1.29, 1.82) is 0 Å². The van der Waals surface area contributed by atoms with Gasteiger partial charge in [0.05, 0.1) is 11.6 Å². The maximum atomic E-state index is 12.0. The van der Waals surface area contributed by atoms with Gasteiger partial charge in [-0.2, -0.15) is 0 Å². The van der Waals surface area contributed by atoms with Crippen molar-refractivity contribution in [3.63, 3.8) is 0 Å². The first-order valence-corrected chi connectivity index (χ1v) is 7.62. The summed E-state index contributed by atoms with van der Waals surface area (Å²) in [7, 11) is 3.91. The van der Waals surface area contributed by atoms with Gasteiger partial charge >= 0.3 is 0 Å². The van der Waals surface area contributed by atoms with Crippen LogP contribution in [0.3, 0.4) is 0 Å². The molecule has 0 saturated heterocycles. The van der Waals surface area contributed by atoms with Crippen molar-refractivity contribution < 1.29 is 4.79 Å². The van der Waals surface area contributed by atoms with E-state index in [0.29, 0.717) is 13.0 Å². The van der Waals surface area contributed by atoms with Crippen LogP contribution in [-0.4, -0.2) is 31.0 Å². The lowest BCUT2D eigenvalue weighted by atomic mass is 10.1. The van der Waals surface area contributed by atoms with Crippen LogP contribution in [0.25, 0.3) is 10.9 Å². The van der Waals surface area contributed by atoms with Crippen LogP contribution in [0, 0.1) is 0 Å². The topological polar surface area (TPSA) is 71.2 Å². The smallest absolute Gasteiger partial charge is 0.237 e. The third kappa shape index (κ3) is 3.74. The van der Waals surface area contributed by atoms with Gasteiger partial charge in [0.1, 0.15) is 5.82 Å². The molecule has 2 aromatic rings. The van der Waals surface area contributed by atoms with Crippen molar-refractivity contribution in [1.82, 2.24) is 10.3 Å². The highest BCUT2D eigenvalue weighted by molar-refractivity contribution is 5.85. The molecule has 0 bridgehead atoms. The van der Waals surface area contributed by atoms with Crippen molar-refractivity contribution >= 4 is 22.6 Å². The third-order valence-corrected chi connectivity index (χ3v) is 3.64. The van der Waals surface area contributed by atoms with E-state index in [1.165, 1.54) is 0 Å². The lowest BCUT2D eigenvalue weighted by Gasteiger charge is -2.16. The molecule has 0 radical (unpaired) electrons. The van der Waals surface area contributed by atoms with E-state index in [1.54, 1.807) is 0 Å². The van der Waals surface area contributed by atoms with Gasteiger partial charge in [-0.1, -0.05) is 31.5 Å². The van der Waals surface area contributed by atoms with Crippen LogP contribution in [-0.2, 0) is 11.3 Å². The van der Waals surface area contributed by atoms with Gasteiger partial charge in [0.2, 0.25) is 5.91 Å². The molecule has 1 heterocycles. The second-order valence-corrected chi connectivity index (χ2v) is 5.66. The van der Waals surface area contributed by atoms with Gasteiger partial charge in [-0.15, -0.1) is 0 Å². The minimum Gasteiger partial charge on any atom is -0.363 e. The number of anilines is 1. The summed E-state index contributed by atoms with van der Waals surface area (Å²) in [6, 6.07) is 9.52. The van der Waals surface area contributed by atoms with E-state index in [-0.39, 0.29) is 5.91 Å². The van der Waals surface area contributed by atoms with E-state index >= 15 is 0 Å². The second kappa shape index (κ2) is 7.22. The Kier molecular flexibility index (Phi) is 5.33. The number of benzene rings is 1. The number of pyridine rings is 1. The summed E-state index contributed by atoms with van der Waals surface area (Å²) < 4.78 is 0. The van der Waals surface area contributed by atoms with Crippen molar-refractivity contribution in [2.75, 3.05) is 19.0 Å². The minimum atomic E-state index is -0.438. The predicted molar refractivity (Wildman–Crippen MR) is 90.8 cm³/mol. The SMILES string of the molecule is CCCC(N)C(=O)NCc1cc(N(C)C)nc2ccccc12. The molecule has 1 aromatic carbocycles. The Balaban J connectivity index is 2.24. The zero-order valence-electron chi connectivity index (χ0n) is 13.5. The fraction of sp³-hybridized carbons (Fsp3) is 0.412. The Hall–Kier alpha value is -2.14. The quantitative estimate of drug-likeness (QED) is 0.856. The number of aromatic nitrogens is 1. The second-order valence-electron chi connectivity index (χ2n) is 5.66. The Labute approximate surface area is 131 Å². The average Bonchev–Trinajstić information content (AvgIpc) is 2.52. The number of carbonyl (C=O) groups is 1. The molecule has 0 saturated carbocycles. The summed E-state index contributed by atoms with van der Waals surface area (Å²) in [4.78, 5) is 18.6. The lowest BCUT2D eigenvalue weighted by Crippen LogP contribution is -2.40. The van der Waals surface area contributed by atoms with Crippen LogP contribution in [0.4, 0.5) is 5.82 Å². The number of nitrogens with one attached hydrogen (secondary N) is 1. The van der Waals surface area contributed by atoms with Crippen LogP contribution in [0.5, 0.6) is 0 Å². The van der Waals surface area contributed by atoms with E-state index in [1.807, 2.05) is 56.3 Å². The summed E-state index contributed by atoms with van der Waals surface area (Å²) in [5.74, 6) is 0.773. The molecule has 1 amide bonds. The van der Waals surface area contributed by atoms with Crippen molar-refractivity contribution in [2.45, 2.75) is 32.4 Å². The van der Waals surface area contributed by atoms with Crippen molar-refractivity contribution in [3.8, 4) is 0 Å². The number of nitrogens with zero attached hydrogens (tertiary/aromatic N) is 2. The first kappa shape index (κ1) is 16.2. The standard InChI is InChI=1S/C17H24N4O/c1-4-7-14(18)17(22)19-11-12-10-16(21(2)3)20-15-9-6-5-8-13(12)15/h5-6,8-10,14H,4,7,11,18H2,1-3H3,(H,19,22). The maximum absolute atomic E-state index is 12.0. The van der Waals surface area contributed by atoms with E-state index in [2.05, 4.69) is 10.3 Å². The van der Waals surface area contributed by atoms with E-state index < -0.39 is 6.04 Å². The van der Waals surface area contributed by atoms with Crippen molar-refractivity contribution in [2.24, 2.45) is 5.73 Å². The van der Waals surface area contributed by atoms with E-state index in [9.17, 15) is 4.79 Å². The zero-order valence-corrected chi connectivity index (χ0v) is 13.5. The molecule has 1 aromatic heterocycles. The average molecular weight is 300 g/mol. The molecule has 5 heteroatoms. The monoisotopic (exact) mass is 300 g/mol. The number of rotatable bonds is 6. The van der Waals surface area contributed by atoms with Gasteiger partial charge in [-0.25, -0.2) is 4.98 Å². The summed E-state index contributed by atoms with van der Waals surface area (Å²) >= 11 is 0. The Morgan fingerprint density at radius 2 is 2.09 bits per heavy atom. The molecule has 1 unspecified atom stereocenters. The predicted octanol–water partition coefficient (Wildman–Crippen LogP) is 2.04. The van der Waals surface area contributed by atoms with Crippen molar-refractivity contribution in [3.05, 3.63) is 35.9 Å². The van der Waals surface area contributed by atoms with Gasteiger partial charge < -0.3 is 16.0 Å². The first-order chi connectivity index (χ1) is 10.5. The molecule has 2 rings (SSSR count). The summed E-state index contributed by atoms with van der Waals surface area (Å²) in [6.07, 6.45) is 1.60. The molecule has 118 valence electrons. The fourth-order valence-electron chi connectivity index (χ4n) is 2.36. The molecule has 0 fully saturated rings. The minimum absolute atomic E-state index is 0.103. The molecule has 0 aliphatic heterocycles. The van der Waals surface area contributed by atoms with Gasteiger partial charge in [-0.05, 0) is 24.1 Å². The van der Waals surface area contributed by atoms with Gasteiger partial charge in [0, 0.05) is 26.0 Å². The van der Waals surface area contributed by atoms with E-state index in [0.717, 1.165) is 28.7 Å². The largest absolute Gasteiger partial charge is 0.363 e.